The molecular formula is C11H18N2O3S. The largest absolute Gasteiger partial charge is 0.391 e. The number of nitrogens with two attached hydrogens (primary N) is 1. The zero-order valence-corrected chi connectivity index (χ0v) is 10.8. The summed E-state index contributed by atoms with van der Waals surface area (Å²) < 4.78 is 5.33. The van der Waals surface area contributed by atoms with Crippen LogP contribution in [-0.4, -0.2) is 41.0 Å². The van der Waals surface area contributed by atoms with Crippen LogP contribution in [0.25, 0.3) is 0 Å². The number of hydrogen-bond acceptors (Lipinski definition) is 4. The van der Waals surface area contributed by atoms with Crippen molar-refractivity contribution in [3.8, 4) is 0 Å². The number of thiocarbonyl (C=S) groups is 1. The van der Waals surface area contributed by atoms with Crippen LogP contribution >= 0.6 is 12.2 Å². The van der Waals surface area contributed by atoms with Gasteiger partial charge in [-0.2, -0.15) is 0 Å². The molecule has 1 aliphatic heterocycles. The van der Waals surface area contributed by atoms with E-state index >= 15 is 0 Å². The second-order valence-electron chi connectivity index (χ2n) is 4.06. The molecule has 6 heteroatoms. The van der Waals surface area contributed by atoms with E-state index in [1.165, 1.54) is 4.90 Å². The second-order valence-corrected chi connectivity index (χ2v) is 4.53. The first kappa shape index (κ1) is 14.1. The van der Waals surface area contributed by atoms with Crippen molar-refractivity contribution in [2.24, 2.45) is 5.73 Å². The molecule has 1 rings (SSSR count). The third-order valence-corrected chi connectivity index (χ3v) is 3.05. The fourth-order valence-corrected chi connectivity index (χ4v) is 1.68. The Morgan fingerprint density at radius 2 is 1.94 bits per heavy atom. The highest BCUT2D eigenvalue weighted by molar-refractivity contribution is 7.80. The summed E-state index contributed by atoms with van der Waals surface area (Å²) in [6.07, 6.45) is 2.12. The van der Waals surface area contributed by atoms with E-state index in [0.29, 0.717) is 12.8 Å². The van der Waals surface area contributed by atoms with Gasteiger partial charge < -0.3 is 10.5 Å². The first-order valence-corrected chi connectivity index (χ1v) is 6.17. The minimum atomic E-state index is -0.331. The minimum Gasteiger partial charge on any atom is -0.391 e. The van der Waals surface area contributed by atoms with E-state index in [4.69, 9.17) is 22.7 Å². The van der Waals surface area contributed by atoms with Gasteiger partial charge in [0.05, 0.1) is 13.2 Å². The van der Waals surface area contributed by atoms with Crippen LogP contribution in [0.1, 0.15) is 32.6 Å². The van der Waals surface area contributed by atoms with E-state index in [-0.39, 0.29) is 36.1 Å². The molecule has 0 bridgehead atoms. The molecule has 1 atom stereocenters. The third-order valence-electron chi connectivity index (χ3n) is 2.72. The Balaban J connectivity index is 2.40. The maximum absolute atomic E-state index is 11.6. The molecule has 1 fully saturated rings. The maximum atomic E-state index is 11.6. The molecule has 1 saturated heterocycles. The standard InChI is InChI=1S/C11H18N2O3S/c1-8(11(12)17)16-7-6-13-9(14)4-2-3-5-10(13)15/h8H,2-7H2,1H3,(H2,12,17). The molecule has 2 amide bonds. The first-order chi connectivity index (χ1) is 8.02. The number of ether oxygens (including phenoxy) is 1. The predicted molar refractivity (Wildman–Crippen MR) is 67.4 cm³/mol. The molecule has 0 aliphatic carbocycles. The summed E-state index contributed by atoms with van der Waals surface area (Å²) in [5.41, 5.74) is 5.39. The first-order valence-electron chi connectivity index (χ1n) is 5.76. The molecule has 5 nitrogen and oxygen atoms in total. The van der Waals surface area contributed by atoms with Crippen LogP contribution < -0.4 is 5.73 Å². The topological polar surface area (TPSA) is 72.6 Å². The average Bonchev–Trinajstić information content (AvgIpc) is 2.42. The van der Waals surface area contributed by atoms with Crippen molar-refractivity contribution < 1.29 is 14.3 Å². The molecule has 96 valence electrons. The van der Waals surface area contributed by atoms with Crippen molar-refractivity contribution in [3.63, 3.8) is 0 Å². The molecule has 1 heterocycles. The van der Waals surface area contributed by atoms with Crippen molar-refractivity contribution in [2.45, 2.75) is 38.7 Å². The van der Waals surface area contributed by atoms with Gasteiger partial charge in [0.1, 0.15) is 11.1 Å². The van der Waals surface area contributed by atoms with E-state index in [1.54, 1.807) is 6.92 Å². The summed E-state index contributed by atoms with van der Waals surface area (Å²) >= 11 is 4.76. The van der Waals surface area contributed by atoms with E-state index in [2.05, 4.69) is 0 Å². The monoisotopic (exact) mass is 258 g/mol. The zero-order valence-electron chi connectivity index (χ0n) is 9.98. The number of imide groups is 1. The normalized spacial score (nSPS) is 19.0. The van der Waals surface area contributed by atoms with E-state index in [9.17, 15) is 9.59 Å². The Bertz CT molecular complexity index is 302. The lowest BCUT2D eigenvalue weighted by atomic mass is 10.2. The van der Waals surface area contributed by atoms with Crippen LogP contribution in [0.4, 0.5) is 0 Å². The summed E-state index contributed by atoms with van der Waals surface area (Å²) in [5.74, 6) is -0.224. The summed E-state index contributed by atoms with van der Waals surface area (Å²) in [6.45, 7) is 2.30. The van der Waals surface area contributed by atoms with Gasteiger partial charge in [0.25, 0.3) is 0 Å². The Hall–Kier alpha value is -1.01. The van der Waals surface area contributed by atoms with Gasteiger partial charge in [-0.3, -0.25) is 14.5 Å². The van der Waals surface area contributed by atoms with Crippen molar-refractivity contribution in [3.05, 3.63) is 0 Å². The van der Waals surface area contributed by atoms with Gasteiger partial charge in [-0.15, -0.1) is 0 Å². The highest BCUT2D eigenvalue weighted by Crippen LogP contribution is 2.12. The highest BCUT2D eigenvalue weighted by Gasteiger charge is 2.23. The Kier molecular flexibility index (Phi) is 5.50. The molecule has 0 aromatic heterocycles. The van der Waals surface area contributed by atoms with Crippen molar-refractivity contribution in [2.75, 3.05) is 13.2 Å². The van der Waals surface area contributed by atoms with Crippen LogP contribution in [0.15, 0.2) is 0 Å². The van der Waals surface area contributed by atoms with Gasteiger partial charge in [-0.25, -0.2) is 0 Å². The molecule has 1 aliphatic rings. The lowest BCUT2D eigenvalue weighted by Crippen LogP contribution is -2.39. The zero-order chi connectivity index (χ0) is 12.8. The number of carbonyl (C=O) groups excluding carboxylic acids is 2. The lowest BCUT2D eigenvalue weighted by Gasteiger charge is -2.19. The third kappa shape index (κ3) is 4.40. The fourth-order valence-electron chi connectivity index (χ4n) is 1.61. The highest BCUT2D eigenvalue weighted by atomic mass is 32.1. The molecule has 0 saturated carbocycles. The van der Waals surface area contributed by atoms with E-state index in [0.717, 1.165) is 12.8 Å². The van der Waals surface area contributed by atoms with Crippen LogP contribution in [0, 0.1) is 0 Å². The van der Waals surface area contributed by atoms with Gasteiger partial charge in [0, 0.05) is 12.8 Å². The van der Waals surface area contributed by atoms with Crippen LogP contribution in [-0.2, 0) is 14.3 Å². The van der Waals surface area contributed by atoms with Crippen LogP contribution in [0.2, 0.25) is 0 Å². The summed E-state index contributed by atoms with van der Waals surface area (Å²) in [4.78, 5) is 24.8. The van der Waals surface area contributed by atoms with Gasteiger partial charge in [-0.1, -0.05) is 12.2 Å². The van der Waals surface area contributed by atoms with E-state index in [1.807, 2.05) is 0 Å². The lowest BCUT2D eigenvalue weighted by molar-refractivity contribution is -0.144. The molecule has 0 spiro atoms. The minimum absolute atomic E-state index is 0.112. The predicted octanol–water partition coefficient (Wildman–Crippen LogP) is 0.607. The SMILES string of the molecule is CC(OCCN1C(=O)CCCCC1=O)C(N)=S. The van der Waals surface area contributed by atoms with Gasteiger partial charge >= 0.3 is 0 Å². The van der Waals surface area contributed by atoms with Crippen molar-refractivity contribution in [1.82, 2.24) is 4.90 Å². The summed E-state index contributed by atoms with van der Waals surface area (Å²) in [5, 5.41) is 0. The smallest absolute Gasteiger partial charge is 0.229 e. The van der Waals surface area contributed by atoms with Gasteiger partial charge in [0.15, 0.2) is 0 Å². The molecule has 2 N–H and O–H groups in total. The molecule has 0 aromatic carbocycles. The average molecular weight is 258 g/mol. The quantitative estimate of drug-likeness (QED) is 0.577. The molecule has 0 radical (unpaired) electrons. The molecule has 0 aromatic rings. The van der Waals surface area contributed by atoms with Gasteiger partial charge in [0.2, 0.25) is 11.8 Å². The van der Waals surface area contributed by atoms with Crippen LogP contribution in [0.5, 0.6) is 0 Å². The number of carbonyl (C=O) groups is 2. The van der Waals surface area contributed by atoms with Crippen molar-refractivity contribution in [1.29, 1.82) is 0 Å². The maximum Gasteiger partial charge on any atom is 0.229 e. The number of nitrogens with zero attached hydrogens (tertiary/aromatic N) is 1. The summed E-state index contributed by atoms with van der Waals surface area (Å²) in [6, 6.07) is 0. The molecular weight excluding hydrogens is 240 g/mol. The van der Waals surface area contributed by atoms with Gasteiger partial charge in [-0.05, 0) is 19.8 Å². The Labute approximate surface area is 106 Å². The molecule has 17 heavy (non-hydrogen) atoms. The van der Waals surface area contributed by atoms with E-state index < -0.39 is 0 Å². The van der Waals surface area contributed by atoms with Crippen LogP contribution in [0.3, 0.4) is 0 Å². The number of amides is 2. The number of rotatable bonds is 5. The Morgan fingerprint density at radius 3 is 2.41 bits per heavy atom. The fraction of sp³-hybridized carbons (Fsp3) is 0.727. The number of hydrogen-bond donors (Lipinski definition) is 1. The second kappa shape index (κ2) is 6.66. The Morgan fingerprint density at radius 1 is 1.41 bits per heavy atom. The molecule has 1 unspecified atom stereocenters. The number of likely N-dealkylation sites (tertiary alicyclic amines) is 1. The summed E-state index contributed by atoms with van der Waals surface area (Å²) in [7, 11) is 0. The van der Waals surface area contributed by atoms with Crippen molar-refractivity contribution >= 4 is 29.0 Å².